The minimum atomic E-state index is 1.06. The van der Waals surface area contributed by atoms with Crippen LogP contribution in [0.25, 0.3) is 0 Å². The minimum absolute atomic E-state index is 1.06. The summed E-state index contributed by atoms with van der Waals surface area (Å²) in [5.41, 5.74) is 1.27. The fourth-order valence-electron chi connectivity index (χ4n) is 1.69. The number of H-pyrrole nitrogens is 1. The van der Waals surface area contributed by atoms with Crippen molar-refractivity contribution in [1.82, 2.24) is 9.97 Å². The van der Waals surface area contributed by atoms with Gasteiger partial charge in [0.15, 0.2) is 12.5 Å². The van der Waals surface area contributed by atoms with Crippen molar-refractivity contribution in [3.05, 3.63) is 12.0 Å². The molecule has 0 unspecified atom stereocenters. The monoisotopic (exact) mass is 151 g/mol. The van der Waals surface area contributed by atoms with Gasteiger partial charge in [0.05, 0.1) is 6.33 Å². The molecule has 0 bridgehead atoms. The topological polar surface area (TPSA) is 40.7 Å². The number of hydrogen-bond acceptors (Lipinski definition) is 2. The Balaban J connectivity index is 2.00. The summed E-state index contributed by atoms with van der Waals surface area (Å²) in [4.78, 5) is 7.34. The molecule has 1 aromatic heterocycles. The van der Waals surface area contributed by atoms with Crippen molar-refractivity contribution in [3.8, 4) is 0 Å². The van der Waals surface area contributed by atoms with Gasteiger partial charge in [-0.1, -0.05) is 0 Å². The average molecular weight is 151 g/mol. The second kappa shape index (κ2) is 1.58. The van der Waals surface area contributed by atoms with Crippen LogP contribution in [0.3, 0.4) is 0 Å². The molecule has 3 heterocycles. The SMILES string of the molecule is c1nc2c([nH]1)C[N+]1(CC1)CN2. The fourth-order valence-corrected chi connectivity index (χ4v) is 1.69. The normalized spacial score (nSPS) is 24.4. The maximum absolute atomic E-state index is 4.17. The molecule has 11 heavy (non-hydrogen) atoms. The summed E-state index contributed by atoms with van der Waals surface area (Å²) in [6.07, 6.45) is 1.77. The van der Waals surface area contributed by atoms with Gasteiger partial charge in [0.25, 0.3) is 0 Å². The predicted octanol–water partition coefficient (Wildman–Crippen LogP) is 0.123. The lowest BCUT2D eigenvalue weighted by Gasteiger charge is -2.23. The highest BCUT2D eigenvalue weighted by Crippen LogP contribution is 2.30. The predicted molar refractivity (Wildman–Crippen MR) is 40.8 cm³/mol. The molecule has 0 aromatic carbocycles. The van der Waals surface area contributed by atoms with Crippen molar-refractivity contribution < 1.29 is 4.48 Å². The quantitative estimate of drug-likeness (QED) is 0.408. The highest BCUT2D eigenvalue weighted by molar-refractivity contribution is 5.40. The molecular weight excluding hydrogens is 140 g/mol. The summed E-state index contributed by atoms with van der Waals surface area (Å²) in [6, 6.07) is 0. The van der Waals surface area contributed by atoms with E-state index in [9.17, 15) is 0 Å². The molecule has 2 N–H and O–H groups in total. The molecular formula is C7H11N4+. The van der Waals surface area contributed by atoms with Crippen LogP contribution in [0.5, 0.6) is 0 Å². The Bertz CT molecular complexity index is 286. The molecule has 1 fully saturated rings. The van der Waals surface area contributed by atoms with Crippen LogP contribution < -0.4 is 5.32 Å². The van der Waals surface area contributed by atoms with Crippen LogP contribution in [-0.2, 0) is 6.54 Å². The smallest absolute Gasteiger partial charge is 0.157 e. The first-order valence-corrected chi connectivity index (χ1v) is 3.99. The van der Waals surface area contributed by atoms with Crippen molar-refractivity contribution in [2.75, 3.05) is 25.1 Å². The Labute approximate surface area is 64.8 Å². The van der Waals surface area contributed by atoms with E-state index in [1.807, 2.05) is 0 Å². The third-order valence-corrected chi connectivity index (χ3v) is 2.65. The molecule has 4 heteroatoms. The zero-order valence-corrected chi connectivity index (χ0v) is 6.30. The van der Waals surface area contributed by atoms with E-state index >= 15 is 0 Å². The minimum Gasteiger partial charge on any atom is -0.342 e. The van der Waals surface area contributed by atoms with Gasteiger partial charge < -0.3 is 10.3 Å². The maximum Gasteiger partial charge on any atom is 0.157 e. The molecule has 3 rings (SSSR count). The Morgan fingerprint density at radius 1 is 1.45 bits per heavy atom. The summed E-state index contributed by atoms with van der Waals surface area (Å²) in [5, 5.41) is 3.33. The van der Waals surface area contributed by atoms with Crippen LogP contribution in [0.2, 0.25) is 0 Å². The van der Waals surface area contributed by atoms with E-state index in [0.29, 0.717) is 0 Å². The highest BCUT2D eigenvalue weighted by Gasteiger charge is 2.45. The fraction of sp³-hybridized carbons (Fsp3) is 0.571. The Morgan fingerprint density at radius 3 is 3.18 bits per heavy atom. The van der Waals surface area contributed by atoms with Crippen LogP contribution >= 0.6 is 0 Å². The van der Waals surface area contributed by atoms with E-state index in [2.05, 4.69) is 15.3 Å². The molecule has 0 atom stereocenters. The molecule has 0 aliphatic carbocycles. The van der Waals surface area contributed by atoms with Crippen LogP contribution in [0, 0.1) is 0 Å². The lowest BCUT2D eigenvalue weighted by Crippen LogP contribution is -2.35. The Kier molecular flexibility index (Phi) is 0.806. The van der Waals surface area contributed by atoms with E-state index in [1.165, 1.54) is 23.3 Å². The zero-order chi connectivity index (χ0) is 7.31. The zero-order valence-electron chi connectivity index (χ0n) is 6.30. The number of nitrogens with zero attached hydrogens (tertiary/aromatic N) is 2. The molecule has 1 spiro atoms. The lowest BCUT2D eigenvalue weighted by molar-refractivity contribution is -0.812. The summed E-state index contributed by atoms with van der Waals surface area (Å²) in [6.45, 7) is 4.86. The molecule has 0 radical (unpaired) electrons. The van der Waals surface area contributed by atoms with Gasteiger partial charge in [0.2, 0.25) is 0 Å². The van der Waals surface area contributed by atoms with Gasteiger partial charge >= 0.3 is 0 Å². The second-order valence-corrected chi connectivity index (χ2v) is 3.51. The summed E-state index contributed by atoms with van der Waals surface area (Å²) in [7, 11) is 0. The molecule has 4 nitrogen and oxygen atoms in total. The maximum atomic E-state index is 4.17. The summed E-state index contributed by atoms with van der Waals surface area (Å²) >= 11 is 0. The third-order valence-electron chi connectivity index (χ3n) is 2.65. The number of anilines is 1. The number of aromatic nitrogens is 2. The van der Waals surface area contributed by atoms with Crippen molar-refractivity contribution in [2.45, 2.75) is 6.54 Å². The molecule has 1 saturated heterocycles. The number of imidazole rings is 1. The number of rotatable bonds is 0. The first kappa shape index (κ1) is 5.60. The lowest BCUT2D eigenvalue weighted by atomic mass is 10.3. The summed E-state index contributed by atoms with van der Waals surface area (Å²) < 4.78 is 1.22. The van der Waals surface area contributed by atoms with Crippen LogP contribution in [0.1, 0.15) is 5.69 Å². The standard InChI is InChI=1S/C7H11N4/c1-2-11(1)3-6-7(10-5-11)9-4-8-6/h4,10H,1-3,5H2,(H,8,9)/q+1. The van der Waals surface area contributed by atoms with Gasteiger partial charge in [-0.05, 0) is 0 Å². The molecule has 0 amide bonds. The molecule has 2 aliphatic heterocycles. The van der Waals surface area contributed by atoms with Gasteiger partial charge in [-0.3, -0.25) is 4.48 Å². The third kappa shape index (κ3) is 0.699. The highest BCUT2D eigenvalue weighted by atomic mass is 15.5. The van der Waals surface area contributed by atoms with Crippen LogP contribution in [0.15, 0.2) is 6.33 Å². The van der Waals surface area contributed by atoms with E-state index < -0.39 is 0 Å². The number of quaternary nitrogens is 1. The number of nitrogens with one attached hydrogen (secondary N) is 2. The first-order valence-electron chi connectivity index (χ1n) is 3.99. The first-order chi connectivity index (χ1) is 5.38. The molecule has 0 saturated carbocycles. The summed E-state index contributed by atoms with van der Waals surface area (Å²) in [5.74, 6) is 1.06. The number of fused-ring (bicyclic) bond motifs is 1. The van der Waals surface area contributed by atoms with E-state index in [1.54, 1.807) is 6.33 Å². The van der Waals surface area contributed by atoms with Gasteiger partial charge in [0.1, 0.15) is 25.3 Å². The average Bonchev–Trinajstić information content (AvgIpc) is 2.63. The van der Waals surface area contributed by atoms with Gasteiger partial charge in [-0.2, -0.15) is 0 Å². The molecule has 58 valence electrons. The second-order valence-electron chi connectivity index (χ2n) is 3.51. The van der Waals surface area contributed by atoms with Crippen LogP contribution in [-0.4, -0.2) is 34.2 Å². The van der Waals surface area contributed by atoms with Gasteiger partial charge in [0, 0.05) is 0 Å². The van der Waals surface area contributed by atoms with Crippen LogP contribution in [0.4, 0.5) is 5.82 Å². The van der Waals surface area contributed by atoms with Crippen molar-refractivity contribution >= 4 is 5.82 Å². The molecule has 1 aromatic rings. The van der Waals surface area contributed by atoms with E-state index in [0.717, 1.165) is 19.0 Å². The van der Waals surface area contributed by atoms with Crippen molar-refractivity contribution in [1.29, 1.82) is 0 Å². The van der Waals surface area contributed by atoms with E-state index in [4.69, 9.17) is 0 Å². The Morgan fingerprint density at radius 2 is 2.36 bits per heavy atom. The van der Waals surface area contributed by atoms with E-state index in [-0.39, 0.29) is 0 Å². The van der Waals surface area contributed by atoms with Gasteiger partial charge in [-0.25, -0.2) is 4.98 Å². The molecule has 2 aliphatic rings. The van der Waals surface area contributed by atoms with Crippen molar-refractivity contribution in [2.24, 2.45) is 0 Å². The largest absolute Gasteiger partial charge is 0.342 e. The number of hydrogen-bond donors (Lipinski definition) is 2. The van der Waals surface area contributed by atoms with Crippen molar-refractivity contribution in [3.63, 3.8) is 0 Å². The number of aromatic amines is 1. The van der Waals surface area contributed by atoms with Gasteiger partial charge in [-0.15, -0.1) is 0 Å². The Hall–Kier alpha value is -1.03.